The second kappa shape index (κ2) is 7.44. The van der Waals surface area contributed by atoms with Crippen LogP contribution < -0.4 is 5.73 Å². The molecule has 0 saturated heterocycles. The van der Waals surface area contributed by atoms with Crippen molar-refractivity contribution >= 4 is 0 Å². The average Bonchev–Trinajstić information content (AvgIpc) is 2.47. The molecular weight excluding hydrogens is 250 g/mol. The third kappa shape index (κ3) is 4.08. The van der Waals surface area contributed by atoms with Crippen molar-refractivity contribution in [2.75, 3.05) is 6.54 Å². The fourth-order valence-corrected chi connectivity index (χ4v) is 2.60. The summed E-state index contributed by atoms with van der Waals surface area (Å²) >= 11 is 0. The minimum atomic E-state index is -0.526. The molecule has 4 N–H and O–H groups in total. The molecule has 108 valence electrons. The summed E-state index contributed by atoms with van der Waals surface area (Å²) in [5.41, 5.74) is 7.20. The maximum Gasteiger partial charge on any atom is 0.0802 e. The lowest BCUT2D eigenvalue weighted by molar-refractivity contribution is 0.0970. The first kappa shape index (κ1) is 15.1. The van der Waals surface area contributed by atoms with Crippen molar-refractivity contribution < 1.29 is 10.2 Å². The number of hydrogen-bond acceptors (Lipinski definition) is 3. The molecule has 0 heterocycles. The predicted molar refractivity (Wildman–Crippen MR) is 79.9 cm³/mol. The largest absolute Gasteiger partial charge is 0.392 e. The molecule has 3 atom stereocenters. The Labute approximate surface area is 120 Å². The van der Waals surface area contributed by atoms with Gasteiger partial charge in [0, 0.05) is 11.5 Å². The Kier molecular flexibility index (Phi) is 5.60. The van der Waals surface area contributed by atoms with Crippen LogP contribution in [0.15, 0.2) is 24.3 Å². The minimum absolute atomic E-state index is 0.0846. The molecule has 3 nitrogen and oxygen atoms in total. The van der Waals surface area contributed by atoms with Gasteiger partial charge in [0.25, 0.3) is 0 Å². The van der Waals surface area contributed by atoms with E-state index in [0.717, 1.165) is 36.8 Å². The molecule has 1 aromatic carbocycles. The van der Waals surface area contributed by atoms with Gasteiger partial charge in [0.05, 0.1) is 12.2 Å². The molecule has 0 spiro atoms. The van der Waals surface area contributed by atoms with Crippen molar-refractivity contribution in [2.24, 2.45) is 11.7 Å². The van der Waals surface area contributed by atoms with E-state index in [4.69, 9.17) is 5.73 Å². The molecule has 0 amide bonds. The standard InChI is InChI=1S/C17H23NO2/c18-11-10-17(20)15-6-3-4-13(12-15)8-9-14-5-1-2-7-16(14)19/h3-4,6,12,14,16-17,19-20H,1-2,5,7,10-11,18H2. The average molecular weight is 273 g/mol. The van der Waals surface area contributed by atoms with Crippen molar-refractivity contribution in [3.05, 3.63) is 35.4 Å². The van der Waals surface area contributed by atoms with Gasteiger partial charge < -0.3 is 15.9 Å². The summed E-state index contributed by atoms with van der Waals surface area (Å²) in [4.78, 5) is 0. The number of aliphatic hydroxyl groups excluding tert-OH is 2. The lowest BCUT2D eigenvalue weighted by Gasteiger charge is -2.22. The summed E-state index contributed by atoms with van der Waals surface area (Å²) < 4.78 is 0. The van der Waals surface area contributed by atoms with E-state index in [9.17, 15) is 10.2 Å². The van der Waals surface area contributed by atoms with Crippen LogP contribution in [0.2, 0.25) is 0 Å². The van der Waals surface area contributed by atoms with E-state index in [-0.39, 0.29) is 12.0 Å². The van der Waals surface area contributed by atoms with Crippen LogP contribution in [0.4, 0.5) is 0 Å². The Bertz CT molecular complexity index is 489. The maximum atomic E-state index is 9.94. The Morgan fingerprint density at radius 2 is 2.10 bits per heavy atom. The quantitative estimate of drug-likeness (QED) is 0.738. The first-order valence-electron chi connectivity index (χ1n) is 7.38. The minimum Gasteiger partial charge on any atom is -0.392 e. The molecule has 2 rings (SSSR count). The molecule has 20 heavy (non-hydrogen) atoms. The van der Waals surface area contributed by atoms with E-state index in [1.54, 1.807) is 0 Å². The number of nitrogens with two attached hydrogens (primary N) is 1. The molecular formula is C17H23NO2. The molecule has 1 aromatic rings. The van der Waals surface area contributed by atoms with Crippen molar-refractivity contribution in [3.8, 4) is 11.8 Å². The molecule has 3 unspecified atom stereocenters. The fraction of sp³-hybridized carbons (Fsp3) is 0.529. The Morgan fingerprint density at radius 3 is 2.85 bits per heavy atom. The van der Waals surface area contributed by atoms with Crippen LogP contribution in [-0.4, -0.2) is 22.9 Å². The number of benzene rings is 1. The molecule has 0 radical (unpaired) electrons. The van der Waals surface area contributed by atoms with Crippen LogP contribution in [0, 0.1) is 17.8 Å². The topological polar surface area (TPSA) is 66.5 Å². The van der Waals surface area contributed by atoms with Crippen LogP contribution >= 0.6 is 0 Å². The molecule has 0 aliphatic heterocycles. The summed E-state index contributed by atoms with van der Waals surface area (Å²) in [5, 5.41) is 19.8. The Balaban J connectivity index is 2.08. The SMILES string of the molecule is NCCC(O)c1cccc(C#CC2CCCCC2O)c1. The molecule has 1 saturated carbocycles. The third-order valence-electron chi connectivity index (χ3n) is 3.84. The van der Waals surface area contributed by atoms with Gasteiger partial charge >= 0.3 is 0 Å². The summed E-state index contributed by atoms with van der Waals surface area (Å²) in [7, 11) is 0. The molecule has 0 bridgehead atoms. The van der Waals surface area contributed by atoms with Crippen molar-refractivity contribution in [3.63, 3.8) is 0 Å². The van der Waals surface area contributed by atoms with Crippen LogP contribution in [0.25, 0.3) is 0 Å². The van der Waals surface area contributed by atoms with Crippen molar-refractivity contribution in [2.45, 2.75) is 44.3 Å². The van der Waals surface area contributed by atoms with Gasteiger partial charge in [-0.25, -0.2) is 0 Å². The summed E-state index contributed by atoms with van der Waals surface area (Å²) in [5.74, 6) is 6.39. The lowest BCUT2D eigenvalue weighted by atomic mass is 9.87. The van der Waals surface area contributed by atoms with E-state index in [1.807, 2.05) is 24.3 Å². The highest BCUT2D eigenvalue weighted by molar-refractivity contribution is 5.38. The van der Waals surface area contributed by atoms with Gasteiger partial charge in [0.15, 0.2) is 0 Å². The molecule has 1 aliphatic rings. The highest BCUT2D eigenvalue weighted by Crippen LogP contribution is 2.24. The monoisotopic (exact) mass is 273 g/mol. The first-order chi connectivity index (χ1) is 9.70. The molecule has 1 fully saturated rings. The highest BCUT2D eigenvalue weighted by atomic mass is 16.3. The number of hydrogen-bond donors (Lipinski definition) is 3. The zero-order valence-corrected chi connectivity index (χ0v) is 11.8. The van der Waals surface area contributed by atoms with Crippen LogP contribution in [0.1, 0.15) is 49.3 Å². The van der Waals surface area contributed by atoms with Gasteiger partial charge in [0.2, 0.25) is 0 Å². The number of rotatable bonds is 3. The van der Waals surface area contributed by atoms with E-state index < -0.39 is 6.10 Å². The molecule has 1 aliphatic carbocycles. The van der Waals surface area contributed by atoms with Gasteiger partial charge in [-0.05, 0) is 43.5 Å². The second-order valence-electron chi connectivity index (χ2n) is 5.45. The molecule has 3 heteroatoms. The van der Waals surface area contributed by atoms with Crippen molar-refractivity contribution in [1.82, 2.24) is 0 Å². The zero-order chi connectivity index (χ0) is 14.4. The van der Waals surface area contributed by atoms with Gasteiger partial charge in [-0.3, -0.25) is 0 Å². The smallest absolute Gasteiger partial charge is 0.0802 e. The van der Waals surface area contributed by atoms with Crippen molar-refractivity contribution in [1.29, 1.82) is 0 Å². The van der Waals surface area contributed by atoms with E-state index >= 15 is 0 Å². The summed E-state index contributed by atoms with van der Waals surface area (Å²) in [6.45, 7) is 0.464. The van der Waals surface area contributed by atoms with Gasteiger partial charge in [0.1, 0.15) is 0 Å². The number of aliphatic hydroxyl groups is 2. The van der Waals surface area contributed by atoms with E-state index in [2.05, 4.69) is 11.8 Å². The normalized spacial score (nSPS) is 23.8. The van der Waals surface area contributed by atoms with Crippen LogP contribution in [-0.2, 0) is 0 Å². The maximum absolute atomic E-state index is 9.94. The Hall–Kier alpha value is -1.34. The fourth-order valence-electron chi connectivity index (χ4n) is 2.60. The third-order valence-corrected chi connectivity index (χ3v) is 3.84. The van der Waals surface area contributed by atoms with Gasteiger partial charge in [-0.1, -0.05) is 36.8 Å². The van der Waals surface area contributed by atoms with E-state index in [1.165, 1.54) is 0 Å². The van der Waals surface area contributed by atoms with E-state index in [0.29, 0.717) is 13.0 Å². The summed E-state index contributed by atoms with van der Waals surface area (Å²) in [6, 6.07) is 7.63. The Morgan fingerprint density at radius 1 is 1.30 bits per heavy atom. The summed E-state index contributed by atoms with van der Waals surface area (Å²) in [6.07, 6.45) is 3.81. The predicted octanol–water partition coefficient (Wildman–Crippen LogP) is 1.97. The molecule has 0 aromatic heterocycles. The zero-order valence-electron chi connectivity index (χ0n) is 11.8. The van der Waals surface area contributed by atoms with Crippen LogP contribution in [0.5, 0.6) is 0 Å². The lowest BCUT2D eigenvalue weighted by Crippen LogP contribution is -2.22. The second-order valence-corrected chi connectivity index (χ2v) is 5.45. The van der Waals surface area contributed by atoms with Crippen LogP contribution in [0.3, 0.4) is 0 Å². The van der Waals surface area contributed by atoms with Gasteiger partial charge in [-0.2, -0.15) is 0 Å². The highest BCUT2D eigenvalue weighted by Gasteiger charge is 2.20. The first-order valence-corrected chi connectivity index (χ1v) is 7.38. The van der Waals surface area contributed by atoms with Gasteiger partial charge in [-0.15, -0.1) is 0 Å².